The van der Waals surface area contributed by atoms with Gasteiger partial charge >= 0.3 is 0 Å². The van der Waals surface area contributed by atoms with Crippen LogP contribution in [0.15, 0.2) is 22.8 Å². The third-order valence-corrected chi connectivity index (χ3v) is 4.67. The number of nitrogens with one attached hydrogen (secondary N) is 1. The summed E-state index contributed by atoms with van der Waals surface area (Å²) < 4.78 is 0.855. The van der Waals surface area contributed by atoms with Gasteiger partial charge in [0.05, 0.1) is 25.0 Å². The fourth-order valence-corrected chi connectivity index (χ4v) is 2.98. The minimum Gasteiger partial charge on any atom is -0.344 e. The Morgan fingerprint density at radius 2 is 2.32 bits per heavy atom. The number of nitriles is 1. The zero-order valence-electron chi connectivity index (χ0n) is 14.2. The number of aromatic nitrogens is 1. The van der Waals surface area contributed by atoms with E-state index in [0.29, 0.717) is 25.3 Å². The number of hydrogen-bond acceptors (Lipinski definition) is 5. The lowest BCUT2D eigenvalue weighted by Crippen LogP contribution is -2.45. The molecule has 25 heavy (non-hydrogen) atoms. The van der Waals surface area contributed by atoms with Gasteiger partial charge in [-0.15, -0.1) is 0 Å². The average molecular weight is 408 g/mol. The van der Waals surface area contributed by atoms with E-state index in [1.807, 2.05) is 17.0 Å². The SMILES string of the molecule is CN(CCC#N)C(=O)CN1CCCC(C(=O)Nc2ccc(Br)cn2)C1. The van der Waals surface area contributed by atoms with Gasteiger partial charge in [0.2, 0.25) is 11.8 Å². The van der Waals surface area contributed by atoms with Crippen molar-refractivity contribution in [2.45, 2.75) is 19.3 Å². The van der Waals surface area contributed by atoms with E-state index >= 15 is 0 Å². The Morgan fingerprint density at radius 1 is 1.52 bits per heavy atom. The van der Waals surface area contributed by atoms with Crippen molar-refractivity contribution < 1.29 is 9.59 Å². The molecule has 1 unspecified atom stereocenters. The standard InChI is InChI=1S/C17H22BrN5O2/c1-22(8-3-7-19)16(24)12-23-9-2-4-13(11-23)17(25)21-15-6-5-14(18)10-20-15/h5-6,10,13H,2-4,8-9,11-12H2,1H3,(H,20,21,25). The molecule has 0 saturated carbocycles. The van der Waals surface area contributed by atoms with Crippen molar-refractivity contribution in [3.05, 3.63) is 22.8 Å². The summed E-state index contributed by atoms with van der Waals surface area (Å²) in [5.41, 5.74) is 0. The first-order valence-electron chi connectivity index (χ1n) is 8.25. The number of carbonyl (C=O) groups excluding carboxylic acids is 2. The van der Waals surface area contributed by atoms with Gasteiger partial charge in [0.25, 0.3) is 0 Å². The second kappa shape index (κ2) is 9.49. The summed E-state index contributed by atoms with van der Waals surface area (Å²) in [4.78, 5) is 32.3. The molecule has 2 amide bonds. The summed E-state index contributed by atoms with van der Waals surface area (Å²) in [6, 6.07) is 5.61. The fourth-order valence-electron chi connectivity index (χ4n) is 2.75. The van der Waals surface area contributed by atoms with Crippen molar-refractivity contribution in [2.24, 2.45) is 5.92 Å². The molecule has 7 nitrogen and oxygen atoms in total. The summed E-state index contributed by atoms with van der Waals surface area (Å²) in [7, 11) is 1.70. The van der Waals surface area contributed by atoms with Crippen LogP contribution in [0.1, 0.15) is 19.3 Å². The summed E-state index contributed by atoms with van der Waals surface area (Å²) in [5, 5.41) is 11.4. The van der Waals surface area contributed by atoms with Gasteiger partial charge in [-0.2, -0.15) is 5.26 Å². The Labute approximate surface area is 156 Å². The number of likely N-dealkylation sites (tertiary alicyclic amines) is 1. The van der Waals surface area contributed by atoms with Crippen molar-refractivity contribution in [3.8, 4) is 6.07 Å². The third-order valence-electron chi connectivity index (χ3n) is 4.20. The molecule has 2 heterocycles. The van der Waals surface area contributed by atoms with Gasteiger partial charge < -0.3 is 10.2 Å². The van der Waals surface area contributed by atoms with Crippen LogP contribution in [0.4, 0.5) is 5.82 Å². The largest absolute Gasteiger partial charge is 0.344 e. The molecular formula is C17H22BrN5O2. The van der Waals surface area contributed by atoms with Crippen molar-refractivity contribution in [1.82, 2.24) is 14.8 Å². The van der Waals surface area contributed by atoms with Gasteiger partial charge in [-0.05, 0) is 47.4 Å². The zero-order chi connectivity index (χ0) is 18.2. The van der Waals surface area contributed by atoms with Gasteiger partial charge in [-0.1, -0.05) is 0 Å². The lowest BCUT2D eigenvalue weighted by molar-refractivity contribution is -0.132. The van der Waals surface area contributed by atoms with E-state index in [1.54, 1.807) is 24.2 Å². The van der Waals surface area contributed by atoms with Crippen LogP contribution in [0.5, 0.6) is 0 Å². The van der Waals surface area contributed by atoms with Crippen molar-refractivity contribution in [2.75, 3.05) is 38.5 Å². The van der Waals surface area contributed by atoms with E-state index in [2.05, 4.69) is 26.2 Å². The highest BCUT2D eigenvalue weighted by molar-refractivity contribution is 9.10. The molecule has 2 rings (SSSR count). The number of anilines is 1. The number of pyridine rings is 1. The minimum atomic E-state index is -0.156. The maximum Gasteiger partial charge on any atom is 0.236 e. The number of likely N-dealkylation sites (N-methyl/N-ethyl adjacent to an activating group) is 1. The van der Waals surface area contributed by atoms with E-state index in [4.69, 9.17) is 5.26 Å². The maximum atomic E-state index is 12.4. The van der Waals surface area contributed by atoms with Crippen molar-refractivity contribution in [3.63, 3.8) is 0 Å². The van der Waals surface area contributed by atoms with Crippen LogP contribution in [0.25, 0.3) is 0 Å². The van der Waals surface area contributed by atoms with E-state index in [0.717, 1.165) is 23.9 Å². The number of rotatable bonds is 6. The number of carbonyl (C=O) groups is 2. The maximum absolute atomic E-state index is 12.4. The molecule has 0 radical (unpaired) electrons. The first kappa shape index (κ1) is 19.3. The van der Waals surface area contributed by atoms with Crippen LogP contribution in [0.3, 0.4) is 0 Å². The Morgan fingerprint density at radius 3 is 3.00 bits per heavy atom. The molecule has 0 aromatic carbocycles. The Balaban J connectivity index is 1.85. The summed E-state index contributed by atoms with van der Waals surface area (Å²) in [6.07, 6.45) is 3.64. The van der Waals surface area contributed by atoms with E-state index in [-0.39, 0.29) is 24.3 Å². The second-order valence-electron chi connectivity index (χ2n) is 6.15. The molecule has 1 aliphatic rings. The predicted octanol–water partition coefficient (Wildman–Crippen LogP) is 1.87. The van der Waals surface area contributed by atoms with Crippen LogP contribution in [-0.2, 0) is 9.59 Å². The number of halogens is 1. The van der Waals surface area contributed by atoms with Crippen molar-refractivity contribution in [1.29, 1.82) is 5.26 Å². The highest BCUT2D eigenvalue weighted by Crippen LogP contribution is 2.19. The Bertz CT molecular complexity index is 643. The second-order valence-corrected chi connectivity index (χ2v) is 7.06. The van der Waals surface area contributed by atoms with E-state index < -0.39 is 0 Å². The van der Waals surface area contributed by atoms with Crippen LogP contribution < -0.4 is 5.32 Å². The van der Waals surface area contributed by atoms with Crippen LogP contribution in [0.2, 0.25) is 0 Å². The van der Waals surface area contributed by atoms with Crippen LogP contribution >= 0.6 is 15.9 Å². The van der Waals surface area contributed by atoms with Gasteiger partial charge in [0.15, 0.2) is 0 Å². The predicted molar refractivity (Wildman–Crippen MR) is 97.6 cm³/mol. The number of piperidine rings is 1. The van der Waals surface area contributed by atoms with Gasteiger partial charge in [0.1, 0.15) is 5.82 Å². The summed E-state index contributed by atoms with van der Waals surface area (Å²) >= 11 is 3.31. The van der Waals surface area contributed by atoms with Gasteiger partial charge in [-0.3, -0.25) is 14.5 Å². The Hall–Kier alpha value is -1.98. The summed E-state index contributed by atoms with van der Waals surface area (Å²) in [6.45, 7) is 2.07. The molecule has 1 saturated heterocycles. The molecule has 1 aliphatic heterocycles. The van der Waals surface area contributed by atoms with Crippen LogP contribution in [-0.4, -0.2) is 59.8 Å². The smallest absolute Gasteiger partial charge is 0.236 e. The minimum absolute atomic E-state index is 0.0223. The van der Waals surface area contributed by atoms with E-state index in [9.17, 15) is 9.59 Å². The normalized spacial score (nSPS) is 17.6. The van der Waals surface area contributed by atoms with Gasteiger partial charge in [-0.25, -0.2) is 4.98 Å². The lowest BCUT2D eigenvalue weighted by atomic mass is 9.97. The highest BCUT2D eigenvalue weighted by Gasteiger charge is 2.27. The lowest BCUT2D eigenvalue weighted by Gasteiger charge is -2.32. The van der Waals surface area contributed by atoms with Gasteiger partial charge in [0, 0.05) is 30.8 Å². The number of amides is 2. The molecule has 1 aromatic heterocycles. The molecule has 1 fully saturated rings. The third kappa shape index (κ3) is 6.11. The molecule has 1 atom stereocenters. The molecule has 0 bridgehead atoms. The first-order valence-corrected chi connectivity index (χ1v) is 9.04. The molecule has 1 aromatic rings. The van der Waals surface area contributed by atoms with Crippen LogP contribution in [0, 0.1) is 17.2 Å². The number of nitrogens with zero attached hydrogens (tertiary/aromatic N) is 4. The average Bonchev–Trinajstić information content (AvgIpc) is 2.61. The quantitative estimate of drug-likeness (QED) is 0.776. The summed E-state index contributed by atoms with van der Waals surface area (Å²) in [5.74, 6) is 0.282. The zero-order valence-corrected chi connectivity index (χ0v) is 15.8. The Kier molecular flexibility index (Phi) is 7.34. The fraction of sp³-hybridized carbons (Fsp3) is 0.529. The molecule has 0 spiro atoms. The molecule has 1 N–H and O–H groups in total. The highest BCUT2D eigenvalue weighted by atomic mass is 79.9. The monoisotopic (exact) mass is 407 g/mol. The first-order chi connectivity index (χ1) is 12.0. The number of hydrogen-bond donors (Lipinski definition) is 1. The van der Waals surface area contributed by atoms with E-state index in [1.165, 1.54) is 0 Å². The van der Waals surface area contributed by atoms with Crippen molar-refractivity contribution >= 4 is 33.6 Å². The molecule has 0 aliphatic carbocycles. The topological polar surface area (TPSA) is 89.3 Å². The molecule has 8 heteroatoms. The molecular weight excluding hydrogens is 386 g/mol. The molecule has 134 valence electrons.